The number of anilines is 1. The molecule has 118 valence electrons. The summed E-state index contributed by atoms with van der Waals surface area (Å²) < 4.78 is 23.1. The Bertz CT molecular complexity index is 615. The SMILES string of the molecule is CCO[C@H](C)c1noc(CNC(=O)Nc2ccc(F)cc2)n1. The number of hydrogen-bond donors (Lipinski definition) is 2. The molecule has 0 saturated carbocycles. The second-order valence-corrected chi connectivity index (χ2v) is 4.46. The van der Waals surface area contributed by atoms with Crippen LogP contribution in [0.1, 0.15) is 31.7 Å². The minimum atomic E-state index is -0.454. The van der Waals surface area contributed by atoms with Crippen molar-refractivity contribution in [2.45, 2.75) is 26.5 Å². The van der Waals surface area contributed by atoms with Crippen molar-refractivity contribution >= 4 is 11.7 Å². The third-order valence-corrected chi connectivity index (χ3v) is 2.77. The summed E-state index contributed by atoms with van der Waals surface area (Å²) in [6.07, 6.45) is -0.268. The molecule has 0 saturated heterocycles. The molecule has 1 heterocycles. The summed E-state index contributed by atoms with van der Waals surface area (Å²) in [6.45, 7) is 4.31. The molecule has 1 aromatic heterocycles. The summed E-state index contributed by atoms with van der Waals surface area (Å²) in [5.41, 5.74) is 0.482. The zero-order valence-electron chi connectivity index (χ0n) is 12.3. The van der Waals surface area contributed by atoms with E-state index in [2.05, 4.69) is 20.8 Å². The van der Waals surface area contributed by atoms with Crippen molar-refractivity contribution in [3.05, 3.63) is 41.8 Å². The molecule has 0 aliphatic rings. The molecule has 2 rings (SSSR count). The summed E-state index contributed by atoms with van der Waals surface area (Å²) >= 11 is 0. The van der Waals surface area contributed by atoms with Gasteiger partial charge in [-0.3, -0.25) is 0 Å². The Hall–Kier alpha value is -2.48. The third-order valence-electron chi connectivity index (χ3n) is 2.77. The fourth-order valence-corrected chi connectivity index (χ4v) is 1.69. The lowest BCUT2D eigenvalue weighted by molar-refractivity contribution is 0.0683. The van der Waals surface area contributed by atoms with Crippen molar-refractivity contribution in [1.82, 2.24) is 15.5 Å². The van der Waals surface area contributed by atoms with Crippen molar-refractivity contribution in [3.8, 4) is 0 Å². The van der Waals surface area contributed by atoms with Gasteiger partial charge in [-0.25, -0.2) is 9.18 Å². The zero-order valence-corrected chi connectivity index (χ0v) is 12.3. The number of benzene rings is 1. The van der Waals surface area contributed by atoms with Gasteiger partial charge in [-0.2, -0.15) is 4.98 Å². The predicted octanol–water partition coefficient (Wildman–Crippen LogP) is 2.63. The molecule has 0 spiro atoms. The van der Waals surface area contributed by atoms with Crippen LogP contribution < -0.4 is 10.6 Å². The Kier molecular flexibility index (Phi) is 5.42. The van der Waals surface area contributed by atoms with Crippen LogP contribution in [0.3, 0.4) is 0 Å². The smallest absolute Gasteiger partial charge is 0.319 e. The maximum absolute atomic E-state index is 12.7. The summed E-state index contributed by atoms with van der Waals surface area (Å²) in [5, 5.41) is 8.91. The van der Waals surface area contributed by atoms with E-state index in [4.69, 9.17) is 9.26 Å². The average Bonchev–Trinajstić information content (AvgIpc) is 2.97. The van der Waals surface area contributed by atoms with Crippen LogP contribution in [0.15, 0.2) is 28.8 Å². The number of halogens is 1. The molecule has 0 unspecified atom stereocenters. The molecule has 2 N–H and O–H groups in total. The number of urea groups is 1. The highest BCUT2D eigenvalue weighted by Crippen LogP contribution is 2.12. The van der Waals surface area contributed by atoms with Crippen LogP contribution in [0.25, 0.3) is 0 Å². The summed E-state index contributed by atoms with van der Waals surface area (Å²) in [5.74, 6) is 0.334. The van der Waals surface area contributed by atoms with Crippen LogP contribution in [0, 0.1) is 5.82 Å². The first kappa shape index (κ1) is 15.9. The fourth-order valence-electron chi connectivity index (χ4n) is 1.69. The lowest BCUT2D eigenvalue weighted by Crippen LogP contribution is -2.28. The maximum atomic E-state index is 12.7. The number of nitrogens with zero attached hydrogens (tertiary/aromatic N) is 2. The molecule has 2 aromatic rings. The summed E-state index contributed by atoms with van der Waals surface area (Å²) in [7, 11) is 0. The van der Waals surface area contributed by atoms with E-state index in [1.165, 1.54) is 24.3 Å². The quantitative estimate of drug-likeness (QED) is 0.856. The lowest BCUT2D eigenvalue weighted by Gasteiger charge is -2.06. The van der Waals surface area contributed by atoms with Crippen LogP contribution in [-0.2, 0) is 11.3 Å². The molecular weight excluding hydrogens is 291 g/mol. The number of rotatable bonds is 6. The van der Waals surface area contributed by atoms with Crippen LogP contribution in [0.4, 0.5) is 14.9 Å². The largest absolute Gasteiger partial charge is 0.371 e. The Morgan fingerprint density at radius 3 is 2.82 bits per heavy atom. The van der Waals surface area contributed by atoms with E-state index in [0.717, 1.165) is 0 Å². The monoisotopic (exact) mass is 308 g/mol. The third kappa shape index (κ3) is 4.52. The molecule has 7 nitrogen and oxygen atoms in total. The molecular formula is C14H17FN4O3. The Morgan fingerprint density at radius 2 is 2.14 bits per heavy atom. The number of amides is 2. The number of ether oxygens (including phenoxy) is 1. The van der Waals surface area contributed by atoms with Gasteiger partial charge in [-0.05, 0) is 38.1 Å². The average molecular weight is 308 g/mol. The molecule has 22 heavy (non-hydrogen) atoms. The van der Waals surface area contributed by atoms with Gasteiger partial charge in [0, 0.05) is 12.3 Å². The maximum Gasteiger partial charge on any atom is 0.319 e. The first-order chi connectivity index (χ1) is 10.6. The van der Waals surface area contributed by atoms with Gasteiger partial charge in [0.25, 0.3) is 0 Å². The normalized spacial score (nSPS) is 12.0. The van der Waals surface area contributed by atoms with Crippen LogP contribution in [-0.4, -0.2) is 22.8 Å². The Labute approximate surface area is 126 Å². The number of carbonyl (C=O) groups is 1. The van der Waals surface area contributed by atoms with E-state index in [9.17, 15) is 9.18 Å². The van der Waals surface area contributed by atoms with E-state index in [-0.39, 0.29) is 24.4 Å². The van der Waals surface area contributed by atoms with Gasteiger partial charge in [0.05, 0.1) is 6.54 Å². The second-order valence-electron chi connectivity index (χ2n) is 4.46. The van der Waals surface area contributed by atoms with Gasteiger partial charge in [0.1, 0.15) is 11.9 Å². The topological polar surface area (TPSA) is 89.3 Å². The molecule has 0 aliphatic heterocycles. The molecule has 0 fully saturated rings. The lowest BCUT2D eigenvalue weighted by atomic mass is 10.3. The van der Waals surface area contributed by atoms with E-state index in [1.54, 1.807) is 0 Å². The first-order valence-electron chi connectivity index (χ1n) is 6.83. The van der Waals surface area contributed by atoms with Crippen LogP contribution in [0.2, 0.25) is 0 Å². The molecule has 8 heteroatoms. The molecule has 0 radical (unpaired) electrons. The fraction of sp³-hybridized carbons (Fsp3) is 0.357. The Balaban J connectivity index is 1.82. The standard InChI is InChI=1S/C14H17FN4O3/c1-3-21-9(2)13-18-12(22-19-13)8-16-14(20)17-11-6-4-10(15)5-7-11/h4-7,9H,3,8H2,1-2H3,(H2,16,17,20)/t9-/m1/s1. The minimum absolute atomic E-state index is 0.0822. The van der Waals surface area contributed by atoms with Crippen LogP contribution in [0.5, 0.6) is 0 Å². The summed E-state index contributed by atoms with van der Waals surface area (Å²) in [4.78, 5) is 15.8. The van der Waals surface area contributed by atoms with E-state index >= 15 is 0 Å². The van der Waals surface area contributed by atoms with Gasteiger partial charge in [-0.1, -0.05) is 5.16 Å². The van der Waals surface area contributed by atoms with Gasteiger partial charge in [0.15, 0.2) is 5.82 Å². The predicted molar refractivity (Wildman–Crippen MR) is 76.6 cm³/mol. The number of carbonyl (C=O) groups excluding carboxylic acids is 1. The van der Waals surface area contributed by atoms with Gasteiger partial charge < -0.3 is 19.9 Å². The second kappa shape index (κ2) is 7.51. The molecule has 0 aliphatic carbocycles. The van der Waals surface area contributed by atoms with Gasteiger partial charge >= 0.3 is 6.03 Å². The van der Waals surface area contributed by atoms with Crippen molar-refractivity contribution in [3.63, 3.8) is 0 Å². The number of aromatic nitrogens is 2. The van der Waals surface area contributed by atoms with E-state index in [0.29, 0.717) is 18.1 Å². The first-order valence-corrected chi connectivity index (χ1v) is 6.83. The number of hydrogen-bond acceptors (Lipinski definition) is 5. The van der Waals surface area contributed by atoms with Gasteiger partial charge in [-0.15, -0.1) is 0 Å². The highest BCUT2D eigenvalue weighted by Gasteiger charge is 2.14. The van der Waals surface area contributed by atoms with E-state index in [1.807, 2.05) is 13.8 Å². The number of nitrogens with one attached hydrogen (secondary N) is 2. The minimum Gasteiger partial charge on any atom is -0.371 e. The summed E-state index contributed by atoms with van der Waals surface area (Å²) in [6, 6.07) is 4.99. The molecule has 0 bridgehead atoms. The van der Waals surface area contributed by atoms with Crippen LogP contribution >= 0.6 is 0 Å². The van der Waals surface area contributed by atoms with Crippen molar-refractivity contribution < 1.29 is 18.4 Å². The van der Waals surface area contributed by atoms with Gasteiger partial charge in [0.2, 0.25) is 5.89 Å². The zero-order chi connectivity index (χ0) is 15.9. The highest BCUT2D eigenvalue weighted by atomic mass is 19.1. The Morgan fingerprint density at radius 1 is 1.41 bits per heavy atom. The van der Waals surface area contributed by atoms with Crippen molar-refractivity contribution in [1.29, 1.82) is 0 Å². The molecule has 1 aromatic carbocycles. The molecule has 2 amide bonds. The molecule has 1 atom stereocenters. The van der Waals surface area contributed by atoms with Crippen molar-refractivity contribution in [2.24, 2.45) is 0 Å². The van der Waals surface area contributed by atoms with Crippen molar-refractivity contribution in [2.75, 3.05) is 11.9 Å². The van der Waals surface area contributed by atoms with E-state index < -0.39 is 6.03 Å². The highest BCUT2D eigenvalue weighted by molar-refractivity contribution is 5.89.